The van der Waals surface area contributed by atoms with Gasteiger partial charge in [-0.15, -0.1) is 0 Å². The van der Waals surface area contributed by atoms with Crippen LogP contribution in [0.2, 0.25) is 0 Å². The number of ether oxygens (including phenoxy) is 3. The summed E-state index contributed by atoms with van der Waals surface area (Å²) < 4.78 is 14.5. The van der Waals surface area contributed by atoms with Crippen LogP contribution >= 0.6 is 0 Å². The Kier molecular flexibility index (Phi) is 7.59. The monoisotopic (exact) mass is 323 g/mol. The van der Waals surface area contributed by atoms with Gasteiger partial charge in [0.1, 0.15) is 5.75 Å². The van der Waals surface area contributed by atoms with Crippen molar-refractivity contribution in [2.75, 3.05) is 27.4 Å². The Labute approximate surface area is 134 Å². The number of carbonyl (C=O) groups is 3. The number of carbonyl (C=O) groups excluding carboxylic acids is 3. The topological polar surface area (TPSA) is 90.9 Å². The minimum Gasteiger partial charge on any atom is -0.496 e. The van der Waals surface area contributed by atoms with Crippen molar-refractivity contribution in [2.45, 2.75) is 19.8 Å². The molecule has 1 aromatic carbocycles. The van der Waals surface area contributed by atoms with Crippen molar-refractivity contribution in [2.24, 2.45) is 0 Å². The zero-order valence-electron chi connectivity index (χ0n) is 13.5. The van der Waals surface area contributed by atoms with Gasteiger partial charge in [0.05, 0.1) is 19.8 Å². The summed E-state index contributed by atoms with van der Waals surface area (Å²) in [5, 5.41) is 2.55. The van der Waals surface area contributed by atoms with Gasteiger partial charge in [-0.3, -0.25) is 9.59 Å². The highest BCUT2D eigenvalue weighted by molar-refractivity contribution is 5.91. The molecule has 7 heteroatoms. The zero-order valence-corrected chi connectivity index (χ0v) is 13.5. The fourth-order valence-electron chi connectivity index (χ4n) is 1.78. The number of methoxy groups -OCH3 is 2. The largest absolute Gasteiger partial charge is 0.496 e. The van der Waals surface area contributed by atoms with Crippen LogP contribution in [0.25, 0.3) is 0 Å². The number of aryl methyl sites for hydroxylation is 1. The standard InChI is InChI=1S/C16H21NO6/c1-11-6-7-12(9-13(11)21-2)16(20)23-10-14(18)17-8-4-5-15(19)22-3/h6-7,9H,4-5,8,10H2,1-3H3,(H,17,18). The van der Waals surface area contributed by atoms with Crippen LogP contribution in [0, 0.1) is 6.92 Å². The molecule has 0 fully saturated rings. The Balaban J connectivity index is 2.35. The second kappa shape index (κ2) is 9.45. The molecule has 0 spiro atoms. The quantitative estimate of drug-likeness (QED) is 0.571. The van der Waals surface area contributed by atoms with Crippen molar-refractivity contribution in [3.63, 3.8) is 0 Å². The van der Waals surface area contributed by atoms with E-state index in [2.05, 4.69) is 10.1 Å². The van der Waals surface area contributed by atoms with E-state index < -0.39 is 11.9 Å². The van der Waals surface area contributed by atoms with Crippen LogP contribution < -0.4 is 10.1 Å². The Morgan fingerprint density at radius 3 is 2.57 bits per heavy atom. The van der Waals surface area contributed by atoms with Crippen LogP contribution in [0.1, 0.15) is 28.8 Å². The fourth-order valence-corrected chi connectivity index (χ4v) is 1.78. The van der Waals surface area contributed by atoms with Gasteiger partial charge in [0, 0.05) is 13.0 Å². The van der Waals surface area contributed by atoms with E-state index in [0.29, 0.717) is 24.3 Å². The van der Waals surface area contributed by atoms with E-state index in [0.717, 1.165) is 5.56 Å². The fraction of sp³-hybridized carbons (Fsp3) is 0.438. The zero-order chi connectivity index (χ0) is 17.2. The summed E-state index contributed by atoms with van der Waals surface area (Å²) in [5.41, 5.74) is 1.21. The minimum atomic E-state index is -0.604. The second-order valence-electron chi connectivity index (χ2n) is 4.79. The van der Waals surface area contributed by atoms with Gasteiger partial charge < -0.3 is 19.5 Å². The third kappa shape index (κ3) is 6.37. The first kappa shape index (κ1) is 18.5. The molecule has 0 unspecified atom stereocenters. The highest BCUT2D eigenvalue weighted by atomic mass is 16.5. The molecule has 0 saturated heterocycles. The first-order valence-corrected chi connectivity index (χ1v) is 7.13. The lowest BCUT2D eigenvalue weighted by Crippen LogP contribution is -2.29. The van der Waals surface area contributed by atoms with Crippen molar-refractivity contribution in [1.29, 1.82) is 0 Å². The molecule has 0 aromatic heterocycles. The van der Waals surface area contributed by atoms with Crippen molar-refractivity contribution >= 4 is 17.8 Å². The molecule has 0 bridgehead atoms. The number of hydrogen-bond donors (Lipinski definition) is 1. The average molecular weight is 323 g/mol. The van der Waals surface area contributed by atoms with Crippen LogP contribution in [0.3, 0.4) is 0 Å². The molecule has 0 heterocycles. The summed E-state index contributed by atoms with van der Waals surface area (Å²) in [6.07, 6.45) is 0.682. The highest BCUT2D eigenvalue weighted by Crippen LogP contribution is 2.19. The van der Waals surface area contributed by atoms with E-state index in [1.807, 2.05) is 6.92 Å². The van der Waals surface area contributed by atoms with Crippen LogP contribution in [0.15, 0.2) is 18.2 Å². The molecule has 0 saturated carbocycles. The molecule has 7 nitrogen and oxygen atoms in total. The van der Waals surface area contributed by atoms with Gasteiger partial charge in [0.25, 0.3) is 5.91 Å². The lowest BCUT2D eigenvalue weighted by atomic mass is 10.1. The molecule has 1 amide bonds. The van der Waals surface area contributed by atoms with Gasteiger partial charge in [0.2, 0.25) is 0 Å². The number of benzene rings is 1. The van der Waals surface area contributed by atoms with Gasteiger partial charge in [-0.25, -0.2) is 4.79 Å². The summed E-state index contributed by atoms with van der Waals surface area (Å²) in [6, 6.07) is 4.91. The molecular weight excluding hydrogens is 302 g/mol. The molecule has 1 aromatic rings. The maximum Gasteiger partial charge on any atom is 0.338 e. The van der Waals surface area contributed by atoms with E-state index in [4.69, 9.17) is 9.47 Å². The average Bonchev–Trinajstić information content (AvgIpc) is 2.56. The predicted molar refractivity (Wildman–Crippen MR) is 82.3 cm³/mol. The van der Waals surface area contributed by atoms with Crippen molar-refractivity contribution in [1.82, 2.24) is 5.32 Å². The van der Waals surface area contributed by atoms with E-state index in [-0.39, 0.29) is 19.0 Å². The van der Waals surface area contributed by atoms with Crippen LogP contribution in [-0.4, -0.2) is 45.2 Å². The summed E-state index contributed by atoms with van der Waals surface area (Å²) in [6.45, 7) is 1.78. The number of rotatable bonds is 8. The molecule has 0 aliphatic carbocycles. The van der Waals surface area contributed by atoms with Crippen LogP contribution in [-0.2, 0) is 19.1 Å². The molecule has 0 atom stereocenters. The van der Waals surface area contributed by atoms with Gasteiger partial charge in [-0.1, -0.05) is 6.07 Å². The van der Waals surface area contributed by atoms with E-state index in [9.17, 15) is 14.4 Å². The minimum absolute atomic E-state index is 0.222. The van der Waals surface area contributed by atoms with E-state index in [1.165, 1.54) is 14.2 Å². The maximum atomic E-state index is 11.9. The third-order valence-corrected chi connectivity index (χ3v) is 3.09. The SMILES string of the molecule is COC(=O)CCCNC(=O)COC(=O)c1ccc(C)c(OC)c1. The predicted octanol–water partition coefficient (Wildman–Crippen LogP) is 1.23. The molecule has 0 radical (unpaired) electrons. The Bertz CT molecular complexity index is 570. The van der Waals surface area contributed by atoms with Crippen molar-refractivity contribution in [3.8, 4) is 5.75 Å². The molecule has 1 rings (SSSR count). The van der Waals surface area contributed by atoms with Gasteiger partial charge in [0.15, 0.2) is 6.61 Å². The van der Waals surface area contributed by atoms with Gasteiger partial charge in [-0.2, -0.15) is 0 Å². The Morgan fingerprint density at radius 1 is 1.17 bits per heavy atom. The van der Waals surface area contributed by atoms with Gasteiger partial charge >= 0.3 is 11.9 Å². The molecule has 126 valence electrons. The summed E-state index contributed by atoms with van der Waals surface area (Å²) in [5.74, 6) is -0.791. The van der Waals surface area contributed by atoms with E-state index >= 15 is 0 Å². The van der Waals surface area contributed by atoms with Crippen LogP contribution in [0.4, 0.5) is 0 Å². The maximum absolute atomic E-state index is 11.9. The number of nitrogens with one attached hydrogen (secondary N) is 1. The summed E-state index contributed by atoms with van der Waals surface area (Å²) in [7, 11) is 2.82. The van der Waals surface area contributed by atoms with Gasteiger partial charge in [-0.05, 0) is 31.0 Å². The Hall–Kier alpha value is -2.57. The summed E-state index contributed by atoms with van der Waals surface area (Å²) >= 11 is 0. The molecule has 0 aliphatic heterocycles. The van der Waals surface area contributed by atoms with E-state index in [1.54, 1.807) is 18.2 Å². The first-order chi connectivity index (χ1) is 11.0. The lowest BCUT2D eigenvalue weighted by Gasteiger charge is -2.08. The lowest BCUT2D eigenvalue weighted by molar-refractivity contribution is -0.140. The molecular formula is C16H21NO6. The number of amides is 1. The number of hydrogen-bond acceptors (Lipinski definition) is 6. The third-order valence-electron chi connectivity index (χ3n) is 3.09. The molecule has 23 heavy (non-hydrogen) atoms. The normalized spacial score (nSPS) is 9.87. The Morgan fingerprint density at radius 2 is 1.91 bits per heavy atom. The number of esters is 2. The first-order valence-electron chi connectivity index (χ1n) is 7.13. The summed E-state index contributed by atoms with van der Waals surface area (Å²) in [4.78, 5) is 34.3. The molecule has 1 N–H and O–H groups in total. The van der Waals surface area contributed by atoms with Crippen molar-refractivity contribution in [3.05, 3.63) is 29.3 Å². The smallest absolute Gasteiger partial charge is 0.338 e. The van der Waals surface area contributed by atoms with Crippen molar-refractivity contribution < 1.29 is 28.6 Å². The van der Waals surface area contributed by atoms with Crippen LogP contribution in [0.5, 0.6) is 5.75 Å². The molecule has 0 aliphatic rings. The second-order valence-corrected chi connectivity index (χ2v) is 4.79. The highest BCUT2D eigenvalue weighted by Gasteiger charge is 2.12.